The Kier molecular flexibility index (Phi) is 5.78. The van der Waals surface area contributed by atoms with Crippen LogP contribution in [0, 0.1) is 0 Å². The minimum atomic E-state index is -3.13. The number of hydrogen-bond acceptors (Lipinski definition) is 4. The third-order valence-corrected chi connectivity index (χ3v) is 7.22. The van der Waals surface area contributed by atoms with Gasteiger partial charge in [-0.2, -0.15) is 4.31 Å². The second kappa shape index (κ2) is 7.36. The van der Waals surface area contributed by atoms with Gasteiger partial charge in [0, 0.05) is 13.1 Å². The Bertz CT molecular complexity index is 512. The zero-order valence-electron chi connectivity index (χ0n) is 11.5. The first-order valence-electron chi connectivity index (χ1n) is 6.51. The number of methoxy groups -OCH3 is 1. The number of benzene rings is 1. The summed E-state index contributed by atoms with van der Waals surface area (Å²) in [6.07, 6.45) is 0.785. The van der Waals surface area contributed by atoms with Crippen LogP contribution < -0.4 is 4.74 Å². The normalized spacial score (nSPS) is 17.6. The lowest BCUT2D eigenvalue weighted by Gasteiger charge is -2.25. The van der Waals surface area contributed by atoms with Gasteiger partial charge in [0.2, 0.25) is 10.0 Å². The summed E-state index contributed by atoms with van der Waals surface area (Å²) in [6.45, 7) is 1.96. The Hall–Kier alpha value is -0.680. The predicted octanol–water partition coefficient (Wildman–Crippen LogP) is 1.49. The lowest BCUT2D eigenvalue weighted by atomic mass is 10.2. The number of hydrogen-bond donors (Lipinski definition) is 0. The molecule has 2 rings (SSSR count). The molecule has 7 heteroatoms. The second-order valence-electron chi connectivity index (χ2n) is 4.54. The lowest BCUT2D eigenvalue weighted by molar-refractivity contribution is 0.0732. The van der Waals surface area contributed by atoms with Crippen molar-refractivity contribution in [3.05, 3.63) is 29.8 Å². The highest BCUT2D eigenvalue weighted by Crippen LogP contribution is 2.24. The molecule has 0 spiro atoms. The molecule has 1 aromatic rings. The zero-order valence-corrected chi connectivity index (χ0v) is 13.4. The number of ether oxygens (including phenoxy) is 2. The van der Waals surface area contributed by atoms with Crippen LogP contribution in [-0.4, -0.2) is 51.6 Å². The van der Waals surface area contributed by atoms with E-state index in [-0.39, 0.29) is 5.49 Å². The first kappa shape index (κ1) is 15.7. The van der Waals surface area contributed by atoms with Gasteiger partial charge in [-0.3, -0.25) is 0 Å². The van der Waals surface area contributed by atoms with Gasteiger partial charge in [0.25, 0.3) is 0 Å². The van der Waals surface area contributed by atoms with E-state index in [1.807, 2.05) is 24.3 Å². The summed E-state index contributed by atoms with van der Waals surface area (Å²) >= 11 is 0. The summed E-state index contributed by atoms with van der Waals surface area (Å²) in [6, 6.07) is 7.76. The van der Waals surface area contributed by atoms with Crippen molar-refractivity contribution in [2.45, 2.75) is 6.16 Å². The lowest BCUT2D eigenvalue weighted by Crippen LogP contribution is -2.41. The third-order valence-electron chi connectivity index (χ3n) is 3.14. The highest BCUT2D eigenvalue weighted by molar-refractivity contribution is 7.93. The molecule has 0 radical (unpaired) electrons. The van der Waals surface area contributed by atoms with E-state index >= 15 is 0 Å². The molecule has 20 heavy (non-hydrogen) atoms. The molecule has 1 aliphatic heterocycles. The van der Waals surface area contributed by atoms with Gasteiger partial charge in [-0.05, 0) is 23.9 Å². The Morgan fingerprint density at radius 2 is 1.90 bits per heavy atom. The van der Waals surface area contributed by atoms with Crippen LogP contribution in [0.2, 0.25) is 0 Å². The molecular weight excluding hydrogens is 297 g/mol. The molecule has 0 saturated carbocycles. The number of morpholine rings is 1. The van der Waals surface area contributed by atoms with E-state index in [9.17, 15) is 8.42 Å². The molecule has 1 unspecified atom stereocenters. The van der Waals surface area contributed by atoms with Gasteiger partial charge < -0.3 is 9.47 Å². The molecule has 0 bridgehead atoms. The van der Waals surface area contributed by atoms with Gasteiger partial charge in [0.15, 0.2) is 0 Å². The maximum Gasteiger partial charge on any atom is 0.218 e. The number of rotatable bonds is 6. The van der Waals surface area contributed by atoms with Crippen molar-refractivity contribution >= 4 is 18.6 Å². The van der Waals surface area contributed by atoms with Gasteiger partial charge in [0.05, 0.1) is 25.8 Å². The Balaban J connectivity index is 1.81. The van der Waals surface area contributed by atoms with Crippen molar-refractivity contribution in [3.63, 3.8) is 0 Å². The largest absolute Gasteiger partial charge is 0.497 e. The van der Waals surface area contributed by atoms with Crippen LogP contribution in [0.5, 0.6) is 5.75 Å². The molecule has 1 aliphatic rings. The minimum Gasteiger partial charge on any atom is -0.497 e. The highest BCUT2D eigenvalue weighted by Gasteiger charge is 2.23. The molecule has 5 nitrogen and oxygen atoms in total. The van der Waals surface area contributed by atoms with E-state index in [1.165, 1.54) is 4.31 Å². The quantitative estimate of drug-likeness (QED) is 0.746. The first-order chi connectivity index (χ1) is 9.62. The Morgan fingerprint density at radius 3 is 2.50 bits per heavy atom. The van der Waals surface area contributed by atoms with Gasteiger partial charge in [-0.25, -0.2) is 8.42 Å². The summed E-state index contributed by atoms with van der Waals surface area (Å²) in [5.41, 5.74) is 1.36. The summed E-state index contributed by atoms with van der Waals surface area (Å²) in [5.74, 6) is 0.818. The maximum absolute atomic E-state index is 12.1. The molecule has 0 N–H and O–H groups in total. The van der Waals surface area contributed by atoms with Crippen LogP contribution in [-0.2, 0) is 20.9 Å². The van der Waals surface area contributed by atoms with Crippen LogP contribution in [0.3, 0.4) is 0 Å². The fourth-order valence-corrected chi connectivity index (χ4v) is 5.38. The topological polar surface area (TPSA) is 55.8 Å². The third kappa shape index (κ3) is 4.42. The van der Waals surface area contributed by atoms with E-state index in [1.54, 1.807) is 7.11 Å². The molecule has 0 amide bonds. The molecule has 1 saturated heterocycles. The number of sulfonamides is 1. The van der Waals surface area contributed by atoms with E-state index in [4.69, 9.17) is 9.47 Å². The van der Waals surface area contributed by atoms with E-state index in [0.29, 0.717) is 34.9 Å². The Labute approximate surface area is 122 Å². The van der Waals surface area contributed by atoms with Crippen molar-refractivity contribution in [3.8, 4) is 5.75 Å². The molecule has 0 aromatic heterocycles. The van der Waals surface area contributed by atoms with Gasteiger partial charge in [-0.15, -0.1) is 8.58 Å². The summed E-state index contributed by atoms with van der Waals surface area (Å²) in [4.78, 5) is 0. The van der Waals surface area contributed by atoms with Crippen molar-refractivity contribution in [1.29, 1.82) is 0 Å². The summed E-state index contributed by atoms with van der Waals surface area (Å²) in [5, 5.41) is 0. The van der Waals surface area contributed by atoms with Crippen LogP contribution in [0.25, 0.3) is 0 Å². The average Bonchev–Trinajstić information content (AvgIpc) is 2.49. The van der Waals surface area contributed by atoms with Gasteiger partial charge in [-0.1, -0.05) is 12.1 Å². The average molecular weight is 317 g/mol. The highest BCUT2D eigenvalue weighted by atomic mass is 32.2. The summed E-state index contributed by atoms with van der Waals surface area (Å²) < 4.78 is 36.1. The standard InChI is InChI=1S/C13H20NO4PS/c1-17-13-4-2-12(3-5-13)10-19-11-20(15,16)14-6-8-18-9-7-14/h2-5,19H,6-11H2,1H3. The van der Waals surface area contributed by atoms with Crippen LogP contribution in [0.4, 0.5) is 0 Å². The molecular formula is C13H20NO4PS. The first-order valence-corrected chi connectivity index (χ1v) is 9.53. The molecule has 0 aliphatic carbocycles. The SMILES string of the molecule is COc1ccc(CPCS(=O)(=O)N2CCOCC2)cc1. The van der Waals surface area contributed by atoms with Gasteiger partial charge >= 0.3 is 0 Å². The smallest absolute Gasteiger partial charge is 0.218 e. The number of nitrogens with zero attached hydrogens (tertiary/aromatic N) is 1. The predicted molar refractivity (Wildman–Crippen MR) is 81.2 cm³/mol. The van der Waals surface area contributed by atoms with E-state index in [0.717, 1.165) is 17.5 Å². The minimum absolute atomic E-state index is 0.221. The van der Waals surface area contributed by atoms with Crippen molar-refractivity contribution in [2.24, 2.45) is 0 Å². The fourth-order valence-electron chi connectivity index (χ4n) is 1.98. The molecule has 112 valence electrons. The van der Waals surface area contributed by atoms with Crippen LogP contribution in [0.1, 0.15) is 5.56 Å². The Morgan fingerprint density at radius 1 is 1.25 bits per heavy atom. The molecule has 1 atom stereocenters. The molecule has 1 fully saturated rings. The van der Waals surface area contributed by atoms with E-state index < -0.39 is 10.0 Å². The van der Waals surface area contributed by atoms with Crippen LogP contribution in [0.15, 0.2) is 24.3 Å². The van der Waals surface area contributed by atoms with Crippen molar-refractivity contribution in [2.75, 3.05) is 38.9 Å². The molecule has 1 aromatic carbocycles. The second-order valence-corrected chi connectivity index (χ2v) is 8.23. The van der Waals surface area contributed by atoms with E-state index in [2.05, 4.69) is 0 Å². The molecule has 1 heterocycles. The summed E-state index contributed by atoms with van der Waals surface area (Å²) in [7, 11) is -1.12. The van der Waals surface area contributed by atoms with Gasteiger partial charge in [0.1, 0.15) is 5.75 Å². The van der Waals surface area contributed by atoms with Crippen molar-refractivity contribution < 1.29 is 17.9 Å². The monoisotopic (exact) mass is 317 g/mol. The zero-order chi connectivity index (χ0) is 14.4. The maximum atomic E-state index is 12.1. The van der Waals surface area contributed by atoms with Crippen molar-refractivity contribution in [1.82, 2.24) is 4.31 Å². The van der Waals surface area contributed by atoms with Crippen LogP contribution >= 0.6 is 8.58 Å². The fraction of sp³-hybridized carbons (Fsp3) is 0.538.